The molecule has 0 amide bonds. The molecule has 0 saturated carbocycles. The largest absolute Gasteiger partial charge is 0.550 e. The fourth-order valence-electron chi connectivity index (χ4n) is 0.371. The highest BCUT2D eigenvalue weighted by Crippen LogP contribution is 1.90. The lowest BCUT2D eigenvalue weighted by Crippen LogP contribution is -2.21. The Balaban J connectivity index is 2.82. The second kappa shape index (κ2) is 4.59. The second-order valence-electron chi connectivity index (χ2n) is 1.53. The van der Waals surface area contributed by atoms with Gasteiger partial charge in [0, 0.05) is 5.97 Å². The number of carboxylic acids is 1. The molecule has 0 fully saturated rings. The zero-order valence-electron chi connectivity index (χ0n) is 4.55. The van der Waals surface area contributed by atoms with E-state index in [1.807, 2.05) is 0 Å². The maximum absolute atomic E-state index is 9.70. The van der Waals surface area contributed by atoms with Crippen molar-refractivity contribution in [3.63, 3.8) is 0 Å². The van der Waals surface area contributed by atoms with Gasteiger partial charge in [0.2, 0.25) is 0 Å². The molecule has 0 aromatic carbocycles. The molecule has 1 radical (unpaired) electrons. The molecular weight excluding hydrogens is 108 g/mol. The number of carboxylic acid groups (broad SMARTS) is 1. The van der Waals surface area contributed by atoms with Gasteiger partial charge in [-0.15, -0.1) is 0 Å². The molecule has 0 N–H and O–H groups in total. The average molecular weight is 116 g/mol. The molecule has 47 valence electrons. The maximum Gasteiger partial charge on any atom is 0.0822 e. The van der Waals surface area contributed by atoms with Crippen LogP contribution in [0.1, 0.15) is 19.3 Å². The Morgan fingerprint density at radius 2 is 2.00 bits per heavy atom. The summed E-state index contributed by atoms with van der Waals surface area (Å²) in [5, 5.41) is 19.4. The van der Waals surface area contributed by atoms with Gasteiger partial charge in [0.15, 0.2) is 0 Å². The smallest absolute Gasteiger partial charge is 0.0822 e. The van der Waals surface area contributed by atoms with Crippen LogP contribution < -0.4 is 5.11 Å². The monoisotopic (exact) mass is 116 g/mol. The first-order chi connectivity index (χ1) is 3.77. The molecule has 8 heavy (non-hydrogen) atoms. The summed E-state index contributed by atoms with van der Waals surface area (Å²) < 4.78 is 0. The third-order valence-electron chi connectivity index (χ3n) is 0.775. The molecule has 0 unspecified atom stereocenters. The highest BCUT2D eigenvalue weighted by Gasteiger charge is 1.85. The standard InChI is InChI=1S/C5H9O3/c6-4-2-1-3-5(7)8/h1-4H2,(H,7,8)/p-1. The Morgan fingerprint density at radius 3 is 2.38 bits per heavy atom. The summed E-state index contributed by atoms with van der Waals surface area (Å²) in [6, 6.07) is 0. The van der Waals surface area contributed by atoms with Crippen molar-refractivity contribution in [1.82, 2.24) is 0 Å². The number of rotatable bonds is 4. The third-order valence-corrected chi connectivity index (χ3v) is 0.775. The highest BCUT2D eigenvalue weighted by atomic mass is 16.4. The summed E-state index contributed by atoms with van der Waals surface area (Å²) in [5.74, 6) is -1.07. The lowest BCUT2D eigenvalue weighted by atomic mass is 10.2. The van der Waals surface area contributed by atoms with Crippen LogP contribution in [0.4, 0.5) is 0 Å². The van der Waals surface area contributed by atoms with E-state index in [-0.39, 0.29) is 13.0 Å². The normalized spacial score (nSPS) is 9.12. The van der Waals surface area contributed by atoms with Crippen molar-refractivity contribution in [2.24, 2.45) is 0 Å². The fourth-order valence-corrected chi connectivity index (χ4v) is 0.371. The minimum Gasteiger partial charge on any atom is -0.550 e. The van der Waals surface area contributed by atoms with E-state index in [4.69, 9.17) is 0 Å². The summed E-state index contributed by atoms with van der Waals surface area (Å²) in [6.07, 6.45) is 0.905. The molecule has 3 nitrogen and oxygen atoms in total. The number of unbranched alkanes of at least 4 members (excludes halogenated alkanes) is 1. The molecule has 0 atom stereocenters. The molecule has 0 rings (SSSR count). The molecule has 0 aromatic heterocycles. The topological polar surface area (TPSA) is 60.0 Å². The van der Waals surface area contributed by atoms with Crippen LogP contribution in [-0.2, 0) is 9.90 Å². The van der Waals surface area contributed by atoms with Crippen molar-refractivity contribution in [1.29, 1.82) is 0 Å². The van der Waals surface area contributed by atoms with Crippen LogP contribution in [0.3, 0.4) is 0 Å². The van der Waals surface area contributed by atoms with Crippen molar-refractivity contribution in [3.8, 4) is 0 Å². The van der Waals surface area contributed by atoms with E-state index < -0.39 is 5.97 Å². The Labute approximate surface area is 47.9 Å². The van der Waals surface area contributed by atoms with Gasteiger partial charge in [0.05, 0.1) is 6.61 Å². The number of hydrogen-bond acceptors (Lipinski definition) is 2. The van der Waals surface area contributed by atoms with Crippen molar-refractivity contribution in [2.45, 2.75) is 19.3 Å². The van der Waals surface area contributed by atoms with Gasteiger partial charge in [-0.2, -0.15) is 0 Å². The summed E-state index contributed by atoms with van der Waals surface area (Å²) >= 11 is 0. The summed E-state index contributed by atoms with van der Waals surface area (Å²) in [7, 11) is 0. The molecule has 0 aliphatic rings. The molecule has 0 bridgehead atoms. The first-order valence-electron chi connectivity index (χ1n) is 2.55. The lowest BCUT2D eigenvalue weighted by molar-refractivity contribution is -0.305. The Morgan fingerprint density at radius 1 is 1.38 bits per heavy atom. The SMILES string of the molecule is [O]CCCCC(=O)[O-]. The Hall–Kier alpha value is -0.570. The minimum atomic E-state index is -1.07. The van der Waals surface area contributed by atoms with Gasteiger partial charge in [-0.05, 0) is 19.3 Å². The predicted molar refractivity (Wildman–Crippen MR) is 24.4 cm³/mol. The van der Waals surface area contributed by atoms with Gasteiger partial charge in [0.25, 0.3) is 0 Å². The van der Waals surface area contributed by atoms with E-state index in [0.717, 1.165) is 0 Å². The number of aliphatic carboxylic acids is 1. The van der Waals surface area contributed by atoms with Gasteiger partial charge in [0.1, 0.15) is 0 Å². The highest BCUT2D eigenvalue weighted by molar-refractivity contribution is 5.63. The molecule has 0 spiro atoms. The van der Waals surface area contributed by atoms with E-state index in [9.17, 15) is 15.0 Å². The van der Waals surface area contributed by atoms with E-state index in [1.165, 1.54) is 0 Å². The molecule has 0 saturated heterocycles. The van der Waals surface area contributed by atoms with Crippen LogP contribution in [0.25, 0.3) is 0 Å². The van der Waals surface area contributed by atoms with Crippen molar-refractivity contribution in [2.75, 3.05) is 6.61 Å². The lowest BCUT2D eigenvalue weighted by Gasteiger charge is -1.96. The van der Waals surface area contributed by atoms with Crippen LogP contribution in [0.5, 0.6) is 0 Å². The van der Waals surface area contributed by atoms with Crippen LogP contribution in [0.15, 0.2) is 0 Å². The van der Waals surface area contributed by atoms with Gasteiger partial charge in [-0.25, -0.2) is 5.11 Å². The zero-order chi connectivity index (χ0) is 6.41. The first kappa shape index (κ1) is 7.43. The zero-order valence-corrected chi connectivity index (χ0v) is 4.55. The van der Waals surface area contributed by atoms with E-state index in [2.05, 4.69) is 0 Å². The molecule has 0 heterocycles. The van der Waals surface area contributed by atoms with E-state index in [1.54, 1.807) is 0 Å². The van der Waals surface area contributed by atoms with Gasteiger partial charge < -0.3 is 9.90 Å². The molecule has 0 aliphatic heterocycles. The van der Waals surface area contributed by atoms with Crippen LogP contribution in [0, 0.1) is 0 Å². The van der Waals surface area contributed by atoms with Crippen molar-refractivity contribution < 1.29 is 15.0 Å². The molecule has 0 aromatic rings. The van der Waals surface area contributed by atoms with Gasteiger partial charge in [-0.3, -0.25) is 0 Å². The summed E-state index contributed by atoms with van der Waals surface area (Å²) in [6.45, 7) is -0.187. The predicted octanol–water partition coefficient (Wildman–Crippen LogP) is -0.663. The Bertz CT molecular complexity index is 70.1. The quantitative estimate of drug-likeness (QED) is 0.457. The van der Waals surface area contributed by atoms with Crippen molar-refractivity contribution >= 4 is 5.97 Å². The molecular formula is C5H8O3-. The molecule has 0 aliphatic carbocycles. The van der Waals surface area contributed by atoms with Gasteiger partial charge in [-0.1, -0.05) is 0 Å². The molecule has 3 heteroatoms. The average Bonchev–Trinajstić information content (AvgIpc) is 1.66. The minimum absolute atomic E-state index is 0.0161. The fraction of sp³-hybridized carbons (Fsp3) is 0.800. The Kier molecular flexibility index (Phi) is 4.26. The second-order valence-corrected chi connectivity index (χ2v) is 1.53. The van der Waals surface area contributed by atoms with E-state index in [0.29, 0.717) is 12.8 Å². The van der Waals surface area contributed by atoms with Crippen molar-refractivity contribution in [3.05, 3.63) is 0 Å². The van der Waals surface area contributed by atoms with Crippen LogP contribution >= 0.6 is 0 Å². The van der Waals surface area contributed by atoms with E-state index >= 15 is 0 Å². The summed E-state index contributed by atoms with van der Waals surface area (Å²) in [4.78, 5) is 9.66. The number of hydrogen-bond donors (Lipinski definition) is 0. The number of carbonyl (C=O) groups excluding carboxylic acids is 1. The first-order valence-corrected chi connectivity index (χ1v) is 2.55. The number of carbonyl (C=O) groups is 1. The third kappa shape index (κ3) is 5.43. The van der Waals surface area contributed by atoms with Crippen LogP contribution in [-0.4, -0.2) is 12.6 Å². The summed E-state index contributed by atoms with van der Waals surface area (Å²) in [5.41, 5.74) is 0. The van der Waals surface area contributed by atoms with Crippen LogP contribution in [0.2, 0.25) is 0 Å². The van der Waals surface area contributed by atoms with Gasteiger partial charge >= 0.3 is 0 Å². The maximum atomic E-state index is 9.70.